The van der Waals surface area contributed by atoms with Gasteiger partial charge in [0.15, 0.2) is 0 Å². The number of aryl methyl sites for hydroxylation is 1. The smallest absolute Gasteiger partial charge is 0.130 e. The first kappa shape index (κ1) is 22.1. The minimum atomic E-state index is 0.535. The van der Waals surface area contributed by atoms with Crippen LogP contribution in [0, 0.1) is 11.8 Å². The fourth-order valence-corrected chi connectivity index (χ4v) is 5.31. The second kappa shape index (κ2) is 9.65. The highest BCUT2D eigenvalue weighted by molar-refractivity contribution is 5.88. The predicted molar refractivity (Wildman–Crippen MR) is 136 cm³/mol. The molecule has 3 heterocycles. The normalized spacial score (nSPS) is 22.5. The Morgan fingerprint density at radius 3 is 2.48 bits per heavy atom. The number of pyridine rings is 1. The monoisotopic (exact) mass is 444 g/mol. The Bertz CT molecular complexity index is 1100. The number of aromatic nitrogens is 3. The summed E-state index contributed by atoms with van der Waals surface area (Å²) in [5, 5.41) is 10.1. The van der Waals surface area contributed by atoms with Gasteiger partial charge in [0, 0.05) is 68.8 Å². The lowest BCUT2D eigenvalue weighted by molar-refractivity contribution is 0.121. The van der Waals surface area contributed by atoms with Crippen molar-refractivity contribution in [2.75, 3.05) is 45.1 Å². The van der Waals surface area contributed by atoms with Gasteiger partial charge >= 0.3 is 0 Å². The second-order valence-corrected chi connectivity index (χ2v) is 10.0. The van der Waals surface area contributed by atoms with E-state index in [2.05, 4.69) is 63.1 Å². The number of likely N-dealkylation sites (N-methyl/N-ethyl adjacent to an activating group) is 1. The van der Waals surface area contributed by atoms with E-state index in [1.54, 1.807) is 0 Å². The van der Waals surface area contributed by atoms with Crippen LogP contribution < -0.4 is 5.32 Å². The average molecular weight is 445 g/mol. The fourth-order valence-electron chi connectivity index (χ4n) is 5.31. The summed E-state index contributed by atoms with van der Waals surface area (Å²) < 4.78 is 1.84. The first-order chi connectivity index (χ1) is 16.0. The zero-order valence-electron chi connectivity index (χ0n) is 20.0. The van der Waals surface area contributed by atoms with E-state index in [0.717, 1.165) is 28.4 Å². The molecule has 2 aliphatic rings. The van der Waals surface area contributed by atoms with Crippen LogP contribution in [-0.2, 0) is 7.05 Å². The molecule has 0 spiro atoms. The third-order valence-corrected chi connectivity index (χ3v) is 7.50. The van der Waals surface area contributed by atoms with Crippen molar-refractivity contribution in [2.24, 2.45) is 18.9 Å². The number of hydrogen-bond donors (Lipinski definition) is 1. The van der Waals surface area contributed by atoms with Gasteiger partial charge in [-0.05, 0) is 67.6 Å². The molecule has 0 atom stereocenters. The van der Waals surface area contributed by atoms with Crippen molar-refractivity contribution in [3.8, 4) is 11.1 Å². The average Bonchev–Trinajstić information content (AvgIpc) is 3.27. The molecular weight excluding hydrogens is 408 g/mol. The highest BCUT2D eigenvalue weighted by Crippen LogP contribution is 2.34. The Morgan fingerprint density at radius 2 is 1.76 bits per heavy atom. The molecule has 6 nitrogen and oxygen atoms in total. The van der Waals surface area contributed by atoms with Crippen molar-refractivity contribution in [3.63, 3.8) is 0 Å². The largest absolute Gasteiger partial charge is 0.344 e. The molecular formula is C27H36N6. The maximum atomic E-state index is 4.65. The molecule has 1 N–H and O–H groups in total. The minimum absolute atomic E-state index is 0.535. The lowest BCUT2D eigenvalue weighted by Crippen LogP contribution is -2.46. The van der Waals surface area contributed by atoms with E-state index in [-0.39, 0.29) is 0 Å². The molecule has 3 aromatic rings. The second-order valence-electron chi connectivity index (χ2n) is 10.0. The summed E-state index contributed by atoms with van der Waals surface area (Å²) in [4.78, 5) is 9.75. The van der Waals surface area contributed by atoms with Gasteiger partial charge in [-0.1, -0.05) is 18.7 Å². The number of anilines is 1. The van der Waals surface area contributed by atoms with Crippen LogP contribution in [0.3, 0.4) is 0 Å². The Morgan fingerprint density at radius 1 is 0.970 bits per heavy atom. The molecule has 0 unspecified atom stereocenters. The molecule has 1 saturated carbocycles. The molecule has 6 heteroatoms. The van der Waals surface area contributed by atoms with Gasteiger partial charge in [0.1, 0.15) is 5.82 Å². The molecule has 174 valence electrons. The summed E-state index contributed by atoms with van der Waals surface area (Å²) in [6.45, 7) is 10.5. The van der Waals surface area contributed by atoms with Crippen LogP contribution in [0.4, 0.5) is 5.82 Å². The number of fused-ring (bicyclic) bond motifs is 1. The highest BCUT2D eigenvalue weighted by atomic mass is 15.2. The molecule has 33 heavy (non-hydrogen) atoms. The molecule has 2 fully saturated rings. The SMILES string of the molecule is C=C(Nc1cc2cc(-c3cnn(C)c3)ccc2cn1)C1CCC(CN2CCN(C)CC2)CC1. The highest BCUT2D eigenvalue weighted by Gasteiger charge is 2.25. The van der Waals surface area contributed by atoms with E-state index in [1.807, 2.05) is 30.3 Å². The lowest BCUT2D eigenvalue weighted by atomic mass is 9.80. The Kier molecular flexibility index (Phi) is 6.47. The predicted octanol–water partition coefficient (Wildman–Crippen LogP) is 4.61. The van der Waals surface area contributed by atoms with E-state index in [1.165, 1.54) is 69.4 Å². The number of benzene rings is 1. The number of nitrogens with zero attached hydrogens (tertiary/aromatic N) is 5. The Labute approximate surface area is 197 Å². The minimum Gasteiger partial charge on any atom is -0.344 e. The maximum absolute atomic E-state index is 4.65. The number of piperazine rings is 1. The third kappa shape index (κ3) is 5.28. The van der Waals surface area contributed by atoms with E-state index in [4.69, 9.17) is 0 Å². The van der Waals surface area contributed by atoms with Crippen LogP contribution in [0.5, 0.6) is 0 Å². The van der Waals surface area contributed by atoms with E-state index in [0.29, 0.717) is 5.92 Å². The number of rotatable bonds is 6. The van der Waals surface area contributed by atoms with Crippen LogP contribution in [0.2, 0.25) is 0 Å². The van der Waals surface area contributed by atoms with Crippen LogP contribution >= 0.6 is 0 Å². The molecule has 5 rings (SSSR count). The lowest BCUT2D eigenvalue weighted by Gasteiger charge is -2.37. The quantitative estimate of drug-likeness (QED) is 0.601. The number of nitrogens with one attached hydrogen (secondary N) is 1. The number of hydrogen-bond acceptors (Lipinski definition) is 5. The first-order valence-corrected chi connectivity index (χ1v) is 12.3. The van der Waals surface area contributed by atoms with E-state index in [9.17, 15) is 0 Å². The topological polar surface area (TPSA) is 49.2 Å². The van der Waals surface area contributed by atoms with Gasteiger partial charge in [-0.25, -0.2) is 4.98 Å². The van der Waals surface area contributed by atoms with Crippen LogP contribution in [-0.4, -0.2) is 64.3 Å². The Hall–Kier alpha value is -2.70. The van der Waals surface area contributed by atoms with Crippen LogP contribution in [0.15, 0.2) is 55.1 Å². The van der Waals surface area contributed by atoms with Gasteiger partial charge in [-0.15, -0.1) is 0 Å². The molecule has 2 aromatic heterocycles. The summed E-state index contributed by atoms with van der Waals surface area (Å²) >= 11 is 0. The summed E-state index contributed by atoms with van der Waals surface area (Å²) in [6, 6.07) is 8.61. The van der Waals surface area contributed by atoms with Gasteiger partial charge in [-0.3, -0.25) is 4.68 Å². The zero-order valence-corrected chi connectivity index (χ0v) is 20.0. The molecule has 1 aliphatic carbocycles. The van der Waals surface area contributed by atoms with Gasteiger partial charge in [-0.2, -0.15) is 5.10 Å². The zero-order chi connectivity index (χ0) is 22.8. The maximum Gasteiger partial charge on any atom is 0.130 e. The molecule has 1 saturated heterocycles. The third-order valence-electron chi connectivity index (χ3n) is 7.50. The van der Waals surface area contributed by atoms with Crippen molar-refractivity contribution in [3.05, 3.63) is 55.1 Å². The van der Waals surface area contributed by atoms with Crippen molar-refractivity contribution in [1.29, 1.82) is 0 Å². The molecule has 0 bridgehead atoms. The van der Waals surface area contributed by atoms with Gasteiger partial charge < -0.3 is 15.1 Å². The van der Waals surface area contributed by atoms with Gasteiger partial charge in [0.25, 0.3) is 0 Å². The van der Waals surface area contributed by atoms with E-state index < -0.39 is 0 Å². The molecule has 1 aromatic carbocycles. The first-order valence-electron chi connectivity index (χ1n) is 12.3. The standard InChI is InChI=1S/C27H36N6/c1-20(22-6-4-21(5-7-22)18-33-12-10-31(2)11-13-33)30-27-15-25-14-23(8-9-24(25)16-28-27)26-17-29-32(3)19-26/h8-9,14-17,19,21-22H,1,4-7,10-13,18H2,2-3H3,(H,28,30). The molecule has 0 radical (unpaired) electrons. The van der Waals surface area contributed by atoms with E-state index >= 15 is 0 Å². The molecule has 1 aliphatic heterocycles. The van der Waals surface area contributed by atoms with Crippen molar-refractivity contribution in [2.45, 2.75) is 25.7 Å². The Balaban J connectivity index is 1.18. The van der Waals surface area contributed by atoms with Crippen molar-refractivity contribution < 1.29 is 0 Å². The number of allylic oxidation sites excluding steroid dienone is 1. The van der Waals surface area contributed by atoms with Gasteiger partial charge in [0.2, 0.25) is 0 Å². The van der Waals surface area contributed by atoms with Crippen LogP contribution in [0.1, 0.15) is 25.7 Å². The summed E-state index contributed by atoms with van der Waals surface area (Å²) in [6.07, 6.45) is 11.0. The summed E-state index contributed by atoms with van der Waals surface area (Å²) in [5.41, 5.74) is 3.41. The summed E-state index contributed by atoms with van der Waals surface area (Å²) in [5.74, 6) is 2.26. The summed E-state index contributed by atoms with van der Waals surface area (Å²) in [7, 11) is 4.17. The van der Waals surface area contributed by atoms with Crippen LogP contribution in [0.25, 0.3) is 21.9 Å². The van der Waals surface area contributed by atoms with Crippen molar-refractivity contribution in [1.82, 2.24) is 24.6 Å². The van der Waals surface area contributed by atoms with Gasteiger partial charge in [0.05, 0.1) is 6.20 Å². The van der Waals surface area contributed by atoms with Crippen molar-refractivity contribution >= 4 is 16.6 Å². The molecule has 0 amide bonds. The fraction of sp³-hybridized carbons (Fsp3) is 0.481.